The summed E-state index contributed by atoms with van der Waals surface area (Å²) in [6.07, 6.45) is 0. The van der Waals surface area contributed by atoms with Gasteiger partial charge in [-0.2, -0.15) is 0 Å². The molecule has 0 aromatic rings. The van der Waals surface area contributed by atoms with E-state index in [9.17, 15) is 0 Å². The van der Waals surface area contributed by atoms with Crippen LogP contribution < -0.4 is 0 Å². The van der Waals surface area contributed by atoms with Crippen LogP contribution in [0.15, 0.2) is 0 Å². The molecule has 0 rings (SSSR count). The van der Waals surface area contributed by atoms with Crippen molar-refractivity contribution in [2.24, 2.45) is 0 Å². The molecular weight excluding hydrogens is 704 g/mol. The molecule has 36 heavy (non-hydrogen) atoms. The molecule has 0 heterocycles. The molecule has 0 saturated heterocycles. The largest absolute Gasteiger partial charge is 0 e. The summed E-state index contributed by atoms with van der Waals surface area (Å²) in [7, 11) is -5.18. The van der Waals surface area contributed by atoms with Gasteiger partial charge in [-0.3, -0.25) is 9.59 Å². The Morgan fingerprint density at radius 3 is 1.25 bits per heavy atom. The minimum Gasteiger partial charge on any atom is 0 e. The Morgan fingerprint density at radius 2 is 1.11 bits per heavy atom. The average molecular weight is 752 g/mol. The predicted octanol–water partition coefficient (Wildman–Crippen LogP) is 1.39. The van der Waals surface area contributed by atoms with Crippen molar-refractivity contribution in [2.75, 3.05) is 13.8 Å². The Labute approximate surface area is 257 Å². The van der Waals surface area contributed by atoms with Crippen molar-refractivity contribution in [3.63, 3.8) is 0 Å². The van der Waals surface area contributed by atoms with Crippen molar-refractivity contribution in [1.29, 1.82) is 0 Å². The van der Waals surface area contributed by atoms with Crippen LogP contribution in [0.4, 0.5) is 0 Å². The van der Waals surface area contributed by atoms with E-state index in [1.54, 1.807) is 16.6 Å². The summed E-state index contributed by atoms with van der Waals surface area (Å²) in [5.74, 6) is -1.67. The maximum Gasteiger partial charge on any atom is 0 e. The van der Waals surface area contributed by atoms with Gasteiger partial charge in [0.2, 0.25) is 0 Å². The number of hydrogen-bond donors (Lipinski definition) is 5. The molecule has 0 spiro atoms. The number of aliphatic hydroxyl groups is 1. The van der Waals surface area contributed by atoms with Gasteiger partial charge in [-0.1, -0.05) is 0 Å². The van der Waals surface area contributed by atoms with Crippen LogP contribution in [0, 0.1) is 0 Å². The first-order valence-electron chi connectivity index (χ1n) is 9.99. The molecule has 0 aromatic heterocycles. The Morgan fingerprint density at radius 1 is 0.889 bits per heavy atom. The first kappa shape index (κ1) is 57.6. The molecule has 12 nitrogen and oxygen atoms in total. The van der Waals surface area contributed by atoms with Crippen LogP contribution >= 0.6 is 8.13 Å². The minimum atomic E-state index is -1.98. The summed E-state index contributed by atoms with van der Waals surface area (Å²) < 4.78 is 29.6. The van der Waals surface area contributed by atoms with E-state index in [1.807, 2.05) is 6.66 Å². The molecule has 21 heteroatoms. The van der Waals surface area contributed by atoms with Crippen molar-refractivity contribution in [3.8, 4) is 0 Å². The van der Waals surface area contributed by atoms with Gasteiger partial charge in [0.1, 0.15) is 0 Å². The Hall–Kier alpha value is 1.70. The Balaban J connectivity index is -0.0000000537. The molecule has 5 N–H and O–H groups in total. The van der Waals surface area contributed by atoms with E-state index in [4.69, 9.17) is 51.1 Å². The number of aliphatic hydroxyl groups excluding tert-OH is 1. The second-order valence-corrected chi connectivity index (χ2v) is 27.6. The van der Waals surface area contributed by atoms with E-state index in [0.29, 0.717) is 0 Å². The fourth-order valence-electron chi connectivity index (χ4n) is 1.68. The normalized spacial score (nSPS) is 10.8. The van der Waals surface area contributed by atoms with Crippen LogP contribution in [0.25, 0.3) is 0 Å². The second-order valence-electron chi connectivity index (χ2n) is 8.19. The van der Waals surface area contributed by atoms with Gasteiger partial charge in [0, 0.05) is 41.4 Å². The van der Waals surface area contributed by atoms with Crippen molar-refractivity contribution < 1.29 is 75.5 Å². The van der Waals surface area contributed by atoms with Crippen molar-refractivity contribution >= 4 is 96.8 Å². The summed E-state index contributed by atoms with van der Waals surface area (Å²) in [6.45, 7) is 23.8. The summed E-state index contributed by atoms with van der Waals surface area (Å²) in [4.78, 5) is 26.0. The second kappa shape index (κ2) is 38.8. The Bertz CT molecular complexity index is 444. The smallest absolute Gasteiger partial charge is 0 e. The average Bonchev–Trinajstić information content (AvgIpc) is 2.60. The van der Waals surface area contributed by atoms with Gasteiger partial charge in [0.05, 0.1) is 0 Å². The molecule has 0 aliphatic rings. The van der Waals surface area contributed by atoms with Gasteiger partial charge in [0.15, 0.2) is 26.1 Å². The van der Waals surface area contributed by atoms with Crippen LogP contribution in [-0.4, -0.2) is 128 Å². The van der Waals surface area contributed by atoms with Crippen LogP contribution in [0.1, 0.15) is 13.8 Å². The van der Waals surface area contributed by atoms with Crippen LogP contribution in [0.2, 0.25) is 58.9 Å². The molecule has 2 radical (unpaired) electrons. The van der Waals surface area contributed by atoms with Gasteiger partial charge in [-0.25, -0.2) is 0 Å². The maximum atomic E-state index is 9.00. The fourth-order valence-corrected chi connectivity index (χ4v) is 16.0. The van der Waals surface area contributed by atoms with Gasteiger partial charge in [-0.05, 0) is 65.6 Å². The summed E-state index contributed by atoms with van der Waals surface area (Å²) in [5, 5.41) is 28.9. The van der Waals surface area contributed by atoms with Crippen LogP contribution in [0.5, 0.6) is 0 Å². The molecular formula is C15H48Al2O12PPdSi5+. The third-order valence-corrected chi connectivity index (χ3v) is 15.1. The van der Waals surface area contributed by atoms with Crippen LogP contribution in [-0.2, 0) is 50.1 Å². The Kier molecular flexibility index (Phi) is 62.1. The van der Waals surface area contributed by atoms with E-state index in [2.05, 4.69) is 62.9 Å². The number of rotatable bonds is 7. The molecule has 0 bridgehead atoms. The van der Waals surface area contributed by atoms with Gasteiger partial charge < -0.3 is 32.5 Å². The van der Waals surface area contributed by atoms with Gasteiger partial charge >= 0.3 is 54.4 Å². The van der Waals surface area contributed by atoms with Crippen molar-refractivity contribution in [2.45, 2.75) is 72.8 Å². The first-order valence-corrected chi connectivity index (χ1v) is 27.1. The van der Waals surface area contributed by atoms with E-state index in [0.717, 1.165) is 29.1 Å². The maximum absolute atomic E-state index is 9.00. The zero-order valence-corrected chi connectivity index (χ0v) is 34.3. The number of aliphatic carboxylic acids is 2. The van der Waals surface area contributed by atoms with E-state index in [-0.39, 0.29) is 20.4 Å². The molecule has 0 saturated carbocycles. The molecule has 0 aliphatic carbocycles. The van der Waals surface area contributed by atoms with E-state index in [1.165, 1.54) is 16.2 Å². The number of hydrogen-bond acceptors (Lipinski definition) is 10. The number of carbonyl (C=O) groups is 2. The standard InChI is InChI=1S/C9H28O3Si4.2C2H4O2.CH7OPSi.CH4O.2Al.H2O2.O.Pd/c1-13(10-14(2,3)4)11-16(8,9)12-15(5,6)7;2*1-2(3)4;1-3-4-2;1-2;;;1-2;;/h13H,1-9H3;2*1H3,(H,3,4);2-3H,4H2,1H3;2H,1H3;;;1-2H;;/q;;;;;;+2;;;/p-1. The zero-order valence-electron chi connectivity index (χ0n) is 23.8. The van der Waals surface area contributed by atoms with Crippen molar-refractivity contribution in [3.05, 3.63) is 0 Å². The van der Waals surface area contributed by atoms with E-state index >= 15 is 0 Å². The van der Waals surface area contributed by atoms with Crippen LogP contribution in [0.3, 0.4) is 0 Å². The third kappa shape index (κ3) is 123. The molecule has 0 amide bonds. The monoisotopic (exact) mass is 751 g/mol. The molecule has 220 valence electrons. The van der Waals surface area contributed by atoms with Gasteiger partial charge in [0.25, 0.3) is 21.2 Å². The topological polar surface area (TPSA) is 189 Å². The predicted molar refractivity (Wildman–Crippen MR) is 156 cm³/mol. The first-order chi connectivity index (χ1) is 15.6. The van der Waals surface area contributed by atoms with Crippen molar-refractivity contribution in [1.82, 2.24) is 0 Å². The fraction of sp³-hybridized carbons (Fsp3) is 0.867. The number of carboxylic acid groups (broad SMARTS) is 2. The quantitative estimate of drug-likeness (QED) is 0.109. The zero-order chi connectivity index (χ0) is 30.5. The number of carboxylic acids is 2. The summed E-state index contributed by atoms with van der Waals surface area (Å²) in [6, 6.07) is 0. The summed E-state index contributed by atoms with van der Waals surface area (Å²) >= 11 is 2.80. The molecule has 0 aliphatic heterocycles. The molecule has 0 aromatic carbocycles. The SMILES string of the molecule is CC(=O)O.CC(=O)O.CO.CP[SiH2]O.C[SiH](O[Si](C)(C)C)O[Si](C)(C)O[Si](C)(C)C.O[O][Al+].[O]=[Al].[Pd]. The minimum absolute atomic E-state index is 0. The van der Waals surface area contributed by atoms with E-state index < -0.39 is 55.8 Å². The third-order valence-electron chi connectivity index (χ3n) is 1.68. The van der Waals surface area contributed by atoms with Gasteiger partial charge in [-0.15, -0.1) is 8.13 Å². The molecule has 0 fully saturated rings. The summed E-state index contributed by atoms with van der Waals surface area (Å²) in [5.41, 5.74) is 0. The molecule has 2 unspecified atom stereocenters. The molecule has 2 atom stereocenters.